The predicted octanol–water partition coefficient (Wildman–Crippen LogP) is -0.166. The molecule has 0 aliphatic heterocycles. The molecule has 0 aromatic heterocycles. The van der Waals surface area contributed by atoms with Gasteiger partial charge < -0.3 is 2.85 Å². The van der Waals surface area contributed by atoms with E-state index in [9.17, 15) is 0 Å². The molecule has 0 amide bonds. The van der Waals surface area contributed by atoms with E-state index in [1.54, 1.807) is 0 Å². The molecule has 0 aromatic rings. The van der Waals surface area contributed by atoms with Crippen molar-refractivity contribution in [2.45, 2.75) is 0 Å². The van der Waals surface area contributed by atoms with Gasteiger partial charge >= 0.3 is 23.1 Å². The summed E-state index contributed by atoms with van der Waals surface area (Å²) in [7, 11) is 0. The summed E-state index contributed by atoms with van der Waals surface area (Å²) >= 11 is 0. The summed E-state index contributed by atoms with van der Waals surface area (Å²) in [6.07, 6.45) is 0. The summed E-state index contributed by atoms with van der Waals surface area (Å²) in [6.45, 7) is 0. The molecule has 0 N–H and O–H groups in total. The SMILES string of the molecule is [Co].[Cu].[Fe].[H-].[H-].[Mg+2].[Ni]. The second-order valence-corrected chi connectivity index (χ2v) is 0. The van der Waals surface area contributed by atoms with Crippen LogP contribution in [-0.4, -0.2) is 23.1 Å². The Morgan fingerprint density at radius 3 is 1.20 bits per heavy atom. The minimum absolute atomic E-state index is 0. The monoisotopic (exact) mass is 262 g/mol. The molecule has 0 saturated heterocycles. The number of rotatable bonds is 0. The molecule has 0 aliphatic carbocycles. The largest absolute Gasteiger partial charge is 2.00 e. The first-order chi connectivity index (χ1) is 0. The van der Waals surface area contributed by atoms with Gasteiger partial charge in [0.25, 0.3) is 0 Å². The van der Waals surface area contributed by atoms with E-state index >= 15 is 0 Å². The van der Waals surface area contributed by atoms with Crippen LogP contribution in [0.4, 0.5) is 0 Å². The Morgan fingerprint density at radius 2 is 1.20 bits per heavy atom. The van der Waals surface area contributed by atoms with Crippen LogP contribution in [0.25, 0.3) is 0 Å². The Hall–Kier alpha value is 2.81. The van der Waals surface area contributed by atoms with Crippen molar-refractivity contribution in [2.24, 2.45) is 0 Å². The molecule has 0 spiro atoms. The van der Waals surface area contributed by atoms with Gasteiger partial charge in [0.2, 0.25) is 0 Å². The van der Waals surface area contributed by atoms with Crippen molar-refractivity contribution < 1.29 is 70.3 Å². The zero-order valence-electron chi connectivity index (χ0n) is 4.01. The van der Waals surface area contributed by atoms with Crippen molar-refractivity contribution in [2.75, 3.05) is 0 Å². The maximum absolute atomic E-state index is 0. The average Bonchev–Trinajstić information content (AvgIpc) is 0. The molecule has 0 atom stereocenters. The van der Waals surface area contributed by atoms with Crippen LogP contribution in [-0.2, 0) is 67.4 Å². The van der Waals surface area contributed by atoms with Crippen LogP contribution < -0.4 is 0 Å². The fraction of sp³-hybridized carbons (Fsp3) is 0. The summed E-state index contributed by atoms with van der Waals surface area (Å²) in [4.78, 5) is 0. The maximum Gasteiger partial charge on any atom is 2.00 e. The first-order valence-electron chi connectivity index (χ1n) is 0. The minimum atomic E-state index is 0. The average molecular weight is 263 g/mol. The molecule has 42 valence electrons. The molecule has 0 bridgehead atoms. The Balaban J connectivity index is 0. The van der Waals surface area contributed by atoms with Crippen molar-refractivity contribution >= 4 is 23.1 Å². The summed E-state index contributed by atoms with van der Waals surface area (Å²) in [6, 6.07) is 0. The van der Waals surface area contributed by atoms with Gasteiger partial charge in [-0.3, -0.25) is 0 Å². The predicted molar refractivity (Wildman–Crippen MR) is 7.98 cm³/mol. The van der Waals surface area contributed by atoms with E-state index in [0.29, 0.717) is 0 Å². The first kappa shape index (κ1) is 45.9. The molecule has 0 unspecified atom stereocenters. The second-order valence-electron chi connectivity index (χ2n) is 0. The number of hydrogen-bond acceptors (Lipinski definition) is 0. The van der Waals surface area contributed by atoms with E-state index in [1.165, 1.54) is 0 Å². The van der Waals surface area contributed by atoms with Crippen molar-refractivity contribution in [3.05, 3.63) is 0 Å². The summed E-state index contributed by atoms with van der Waals surface area (Å²) in [5, 5.41) is 0. The third-order valence-electron chi connectivity index (χ3n) is 0. The van der Waals surface area contributed by atoms with Crippen LogP contribution in [0.15, 0.2) is 0 Å². The van der Waals surface area contributed by atoms with Crippen LogP contribution in [0.1, 0.15) is 2.85 Å². The number of hydrogen-bond donors (Lipinski definition) is 0. The Bertz CT molecular complexity index is 17.7. The molecular formula is H2CoCuFeMgNi. The summed E-state index contributed by atoms with van der Waals surface area (Å²) < 4.78 is 0. The quantitative estimate of drug-likeness (QED) is 0.533. The maximum atomic E-state index is 0. The van der Waals surface area contributed by atoms with Crippen LogP contribution in [0.3, 0.4) is 0 Å². The topological polar surface area (TPSA) is 0 Å². The standard InChI is InChI=1S/Co.Cu.Fe.Mg.Ni.2H/q;;;+2;;2*-1. The van der Waals surface area contributed by atoms with Crippen molar-refractivity contribution in [1.29, 1.82) is 0 Å². The molecule has 2 radical (unpaired) electrons. The molecule has 0 fully saturated rings. The molecule has 0 aliphatic rings. The van der Waals surface area contributed by atoms with Gasteiger partial charge in [-0.05, 0) is 0 Å². The molecule has 0 heterocycles. The van der Waals surface area contributed by atoms with Crippen LogP contribution >= 0.6 is 0 Å². The van der Waals surface area contributed by atoms with Gasteiger partial charge in [0, 0.05) is 67.4 Å². The molecule has 0 rings (SSSR count). The van der Waals surface area contributed by atoms with Crippen LogP contribution in [0.2, 0.25) is 0 Å². The van der Waals surface area contributed by atoms with E-state index in [2.05, 4.69) is 0 Å². The van der Waals surface area contributed by atoms with Gasteiger partial charge in [0.1, 0.15) is 0 Å². The molecule has 0 nitrogen and oxygen atoms in total. The normalized spacial score (nSPS) is 0. The van der Waals surface area contributed by atoms with Crippen LogP contribution in [0.5, 0.6) is 0 Å². The Labute approximate surface area is 92.2 Å². The van der Waals surface area contributed by atoms with E-state index in [4.69, 9.17) is 0 Å². The van der Waals surface area contributed by atoms with Crippen LogP contribution in [0, 0.1) is 0 Å². The van der Waals surface area contributed by atoms with Gasteiger partial charge in [-0.25, -0.2) is 0 Å². The summed E-state index contributed by atoms with van der Waals surface area (Å²) in [5.41, 5.74) is 0. The fourth-order valence-electron chi connectivity index (χ4n) is 0. The van der Waals surface area contributed by atoms with Gasteiger partial charge in [-0.2, -0.15) is 0 Å². The van der Waals surface area contributed by atoms with Crippen molar-refractivity contribution in [3.8, 4) is 0 Å². The smallest absolute Gasteiger partial charge is 1.00 e. The zero-order valence-corrected chi connectivity index (χ0v) is 7.50. The third-order valence-corrected chi connectivity index (χ3v) is 0. The molecule has 0 saturated carbocycles. The van der Waals surface area contributed by atoms with E-state index in [0.717, 1.165) is 0 Å². The second kappa shape index (κ2) is 29.1. The molecular weight excluding hydrogens is 261 g/mol. The van der Waals surface area contributed by atoms with E-state index < -0.39 is 0 Å². The first-order valence-corrected chi connectivity index (χ1v) is 0. The van der Waals surface area contributed by atoms with Gasteiger partial charge in [0.15, 0.2) is 0 Å². The van der Waals surface area contributed by atoms with E-state index in [-0.39, 0.29) is 93.3 Å². The van der Waals surface area contributed by atoms with Crippen molar-refractivity contribution in [3.63, 3.8) is 0 Å². The molecule has 0 aromatic carbocycles. The Morgan fingerprint density at radius 1 is 1.20 bits per heavy atom. The van der Waals surface area contributed by atoms with E-state index in [1.807, 2.05) is 0 Å². The minimum Gasteiger partial charge on any atom is -1.00 e. The molecule has 5 heavy (non-hydrogen) atoms. The molecule has 5 heteroatoms. The Kier molecular flexibility index (Phi) is 268. The van der Waals surface area contributed by atoms with Gasteiger partial charge in [0.05, 0.1) is 0 Å². The van der Waals surface area contributed by atoms with Gasteiger partial charge in [-0.15, -0.1) is 0 Å². The summed E-state index contributed by atoms with van der Waals surface area (Å²) in [5.74, 6) is 0. The van der Waals surface area contributed by atoms with Gasteiger partial charge in [-0.1, -0.05) is 0 Å². The van der Waals surface area contributed by atoms with Crippen molar-refractivity contribution in [1.82, 2.24) is 0 Å². The zero-order chi connectivity index (χ0) is 0. The third kappa shape index (κ3) is 20.0. The fourth-order valence-corrected chi connectivity index (χ4v) is 0.